The molecule has 2 atom stereocenters. The molecule has 0 bridgehead atoms. The van der Waals surface area contributed by atoms with Gasteiger partial charge in [0.05, 0.1) is 16.5 Å². The zero-order chi connectivity index (χ0) is 30.7. The molecule has 3 aromatic carbocycles. The van der Waals surface area contributed by atoms with Gasteiger partial charge in [-0.05, 0) is 71.2 Å². The maximum Gasteiger partial charge on any atom is 0.339 e. The van der Waals surface area contributed by atoms with Crippen LogP contribution >= 0.6 is 11.6 Å². The number of carbonyl (C=O) groups is 2. The van der Waals surface area contributed by atoms with E-state index in [-0.39, 0.29) is 28.2 Å². The molecule has 0 unspecified atom stereocenters. The van der Waals surface area contributed by atoms with Gasteiger partial charge in [0, 0.05) is 5.02 Å². The summed E-state index contributed by atoms with van der Waals surface area (Å²) in [7, 11) is -4.31. The van der Waals surface area contributed by atoms with Gasteiger partial charge >= 0.3 is 5.97 Å². The highest BCUT2D eigenvalue weighted by Crippen LogP contribution is 2.38. The first-order chi connectivity index (χ1) is 19.1. The Morgan fingerprint density at radius 1 is 0.829 bits per heavy atom. The Kier molecular flexibility index (Phi) is 10.1. The molecule has 0 spiro atoms. The third-order valence-electron chi connectivity index (χ3n) is 7.18. The second-order valence-corrected chi connectivity index (χ2v) is 13.4. The maximum atomic E-state index is 14.4. The lowest BCUT2D eigenvalue weighted by Gasteiger charge is -2.35. The monoisotopic (exact) mass is 598 g/mol. The van der Waals surface area contributed by atoms with E-state index in [0.717, 1.165) is 5.56 Å². The van der Waals surface area contributed by atoms with Gasteiger partial charge in [-0.1, -0.05) is 95.6 Å². The predicted molar refractivity (Wildman–Crippen MR) is 163 cm³/mol. The largest absolute Gasteiger partial charge is 0.444 e. The molecule has 3 aromatic rings. The van der Waals surface area contributed by atoms with Gasteiger partial charge in [-0.2, -0.15) is 4.72 Å². The summed E-state index contributed by atoms with van der Waals surface area (Å²) in [5.41, 5.74) is 6.62. The molecule has 41 heavy (non-hydrogen) atoms. The smallest absolute Gasteiger partial charge is 0.339 e. The summed E-state index contributed by atoms with van der Waals surface area (Å²) < 4.78 is 37.3. The molecular formula is C32H39ClN2O5S. The second kappa shape index (κ2) is 12.8. The van der Waals surface area contributed by atoms with E-state index < -0.39 is 33.5 Å². The maximum absolute atomic E-state index is 14.4. The molecule has 9 heteroatoms. The molecule has 7 nitrogen and oxygen atoms in total. The molecule has 3 N–H and O–H groups in total. The van der Waals surface area contributed by atoms with Crippen molar-refractivity contribution >= 4 is 33.5 Å². The van der Waals surface area contributed by atoms with Gasteiger partial charge in [0.2, 0.25) is 15.6 Å². The molecule has 1 amide bonds. The minimum absolute atomic E-state index is 0.120. The summed E-state index contributed by atoms with van der Waals surface area (Å²) in [5, 5.41) is 0.408. The molecule has 0 radical (unpaired) electrons. The second-order valence-electron chi connectivity index (χ2n) is 11.3. The normalized spacial score (nSPS) is 14.2. The number of rotatable bonds is 11. The summed E-state index contributed by atoms with van der Waals surface area (Å²) in [6, 6.07) is 16.9. The Labute approximate surface area is 248 Å². The highest BCUT2D eigenvalue weighted by atomic mass is 35.5. The number of benzene rings is 3. The number of esters is 1. The zero-order valence-electron chi connectivity index (χ0n) is 24.6. The summed E-state index contributed by atoms with van der Waals surface area (Å²) >= 11 is 6.12. The standard InChI is InChI=1S/C32H39ClN2O5S/c1-19(2)24-17-26(20(3)4)28(27(18-24)21(5)6)41(38,39)35-29(22-13-15-25(33)16-14-22)32(7,31(34)37)40-30(36)23-11-9-8-10-12-23/h8-21,29,35H,1-7H3,(H2,34,37)/t29-,32+/m0/s1. The lowest BCUT2D eigenvalue weighted by molar-refractivity contribution is -0.138. The number of nitrogens with one attached hydrogen (secondary N) is 1. The summed E-state index contributed by atoms with van der Waals surface area (Å²) in [5.74, 6) is -1.90. The van der Waals surface area contributed by atoms with Crippen LogP contribution in [-0.4, -0.2) is 25.9 Å². The van der Waals surface area contributed by atoms with Crippen LogP contribution in [0, 0.1) is 0 Å². The number of hydrogen-bond donors (Lipinski definition) is 2. The van der Waals surface area contributed by atoms with E-state index in [2.05, 4.69) is 18.6 Å². The molecular weight excluding hydrogens is 560 g/mol. The van der Waals surface area contributed by atoms with Crippen LogP contribution in [0.5, 0.6) is 0 Å². The minimum atomic E-state index is -4.31. The Balaban J connectivity index is 2.25. The van der Waals surface area contributed by atoms with Crippen molar-refractivity contribution in [2.45, 2.75) is 82.8 Å². The summed E-state index contributed by atoms with van der Waals surface area (Å²) in [4.78, 5) is 26.3. The van der Waals surface area contributed by atoms with Crippen LogP contribution in [-0.2, 0) is 19.6 Å². The fourth-order valence-electron chi connectivity index (χ4n) is 4.64. The average Bonchev–Trinajstić information content (AvgIpc) is 2.91. The lowest BCUT2D eigenvalue weighted by Crippen LogP contribution is -2.55. The van der Waals surface area contributed by atoms with Crippen LogP contribution in [0.25, 0.3) is 0 Å². The van der Waals surface area contributed by atoms with Crippen molar-refractivity contribution < 1.29 is 22.7 Å². The summed E-state index contributed by atoms with van der Waals surface area (Å²) in [6.07, 6.45) is 0. The number of halogens is 1. The quantitative estimate of drug-likeness (QED) is 0.235. The van der Waals surface area contributed by atoms with E-state index in [0.29, 0.717) is 21.7 Å². The van der Waals surface area contributed by atoms with Crippen LogP contribution in [0.1, 0.15) is 105 Å². The van der Waals surface area contributed by atoms with Gasteiger partial charge in [0.1, 0.15) is 0 Å². The number of nitrogens with two attached hydrogens (primary N) is 1. The molecule has 0 fully saturated rings. The van der Waals surface area contributed by atoms with Crippen molar-refractivity contribution in [3.8, 4) is 0 Å². The van der Waals surface area contributed by atoms with E-state index in [9.17, 15) is 18.0 Å². The van der Waals surface area contributed by atoms with Crippen molar-refractivity contribution in [2.24, 2.45) is 5.73 Å². The molecule has 0 saturated carbocycles. The van der Waals surface area contributed by atoms with Gasteiger partial charge < -0.3 is 10.5 Å². The lowest BCUT2D eigenvalue weighted by atomic mass is 9.89. The zero-order valence-corrected chi connectivity index (χ0v) is 26.1. The molecule has 0 aliphatic carbocycles. The van der Waals surface area contributed by atoms with E-state index in [1.165, 1.54) is 19.1 Å². The van der Waals surface area contributed by atoms with E-state index >= 15 is 0 Å². The highest BCUT2D eigenvalue weighted by molar-refractivity contribution is 7.89. The van der Waals surface area contributed by atoms with Crippen LogP contribution in [0.3, 0.4) is 0 Å². The number of primary amides is 1. The van der Waals surface area contributed by atoms with Crippen molar-refractivity contribution in [2.75, 3.05) is 0 Å². The number of hydrogen-bond acceptors (Lipinski definition) is 5. The van der Waals surface area contributed by atoms with Crippen LogP contribution in [0.15, 0.2) is 71.6 Å². The third-order valence-corrected chi connectivity index (χ3v) is 8.99. The molecule has 0 saturated heterocycles. The minimum Gasteiger partial charge on any atom is -0.444 e. The molecule has 0 aromatic heterocycles. The van der Waals surface area contributed by atoms with E-state index in [4.69, 9.17) is 22.1 Å². The molecule has 0 heterocycles. The van der Waals surface area contributed by atoms with Crippen molar-refractivity contribution in [1.82, 2.24) is 4.72 Å². The van der Waals surface area contributed by atoms with Gasteiger partial charge in [-0.15, -0.1) is 0 Å². The van der Waals surface area contributed by atoms with Crippen molar-refractivity contribution in [3.63, 3.8) is 0 Å². The Hall–Kier alpha value is -3.20. The molecule has 220 valence electrons. The molecule has 0 aliphatic rings. The van der Waals surface area contributed by atoms with Crippen LogP contribution in [0.4, 0.5) is 0 Å². The van der Waals surface area contributed by atoms with E-state index in [1.807, 2.05) is 39.8 Å². The molecule has 3 rings (SSSR count). The Morgan fingerprint density at radius 2 is 1.34 bits per heavy atom. The van der Waals surface area contributed by atoms with Gasteiger partial charge in [0.15, 0.2) is 0 Å². The fraction of sp³-hybridized carbons (Fsp3) is 0.375. The van der Waals surface area contributed by atoms with E-state index in [1.54, 1.807) is 42.5 Å². The first-order valence-corrected chi connectivity index (χ1v) is 15.5. The van der Waals surface area contributed by atoms with Gasteiger partial charge in [-0.25, -0.2) is 13.2 Å². The van der Waals surface area contributed by atoms with Crippen LogP contribution < -0.4 is 10.5 Å². The summed E-state index contributed by atoms with van der Waals surface area (Å²) in [6.45, 7) is 13.2. The first-order valence-electron chi connectivity index (χ1n) is 13.6. The number of ether oxygens (including phenoxy) is 1. The SMILES string of the molecule is CC(C)c1cc(C(C)C)c(S(=O)(=O)N[C@@H](c2ccc(Cl)cc2)[C@@](C)(OC(=O)c2ccccc2)C(N)=O)c(C(C)C)c1. The van der Waals surface area contributed by atoms with Crippen LogP contribution in [0.2, 0.25) is 5.02 Å². The highest BCUT2D eigenvalue weighted by Gasteiger charge is 2.47. The Morgan fingerprint density at radius 3 is 1.78 bits per heavy atom. The van der Waals surface area contributed by atoms with Crippen molar-refractivity contribution in [1.29, 1.82) is 0 Å². The number of sulfonamides is 1. The van der Waals surface area contributed by atoms with Gasteiger partial charge in [-0.3, -0.25) is 4.79 Å². The fourth-order valence-corrected chi connectivity index (χ4v) is 6.77. The van der Waals surface area contributed by atoms with Gasteiger partial charge in [0.25, 0.3) is 5.91 Å². The third kappa shape index (κ3) is 7.18. The first kappa shape index (κ1) is 32.3. The Bertz CT molecular complexity index is 1470. The predicted octanol–water partition coefficient (Wildman–Crippen LogP) is 6.83. The average molecular weight is 599 g/mol. The van der Waals surface area contributed by atoms with Crippen molar-refractivity contribution in [3.05, 3.63) is 99.6 Å². The topological polar surface area (TPSA) is 116 Å². The number of carbonyl (C=O) groups excluding carboxylic acids is 2. The molecule has 0 aliphatic heterocycles. The number of amides is 1.